The van der Waals surface area contributed by atoms with Crippen LogP contribution in [-0.2, 0) is 0 Å². The van der Waals surface area contributed by atoms with Crippen LogP contribution in [-0.4, -0.2) is 22.0 Å². The lowest BCUT2D eigenvalue weighted by Crippen LogP contribution is -2.11. The molecule has 0 spiro atoms. The quantitative estimate of drug-likeness (QED) is 0.456. The Hall–Kier alpha value is -1.60. The average molecular weight is 576 g/mol. The smallest absolute Gasteiger partial charge is 0.257 e. The Morgan fingerprint density at radius 2 is 1.08 bits per heavy atom. The number of nitrogens with zero attached hydrogens (tertiary/aromatic N) is 2. The lowest BCUT2D eigenvalue weighted by molar-refractivity contribution is 0.101. The second-order valence-corrected chi connectivity index (χ2v) is 8.30. The van der Waals surface area contributed by atoms with Crippen molar-refractivity contribution in [1.29, 1.82) is 0 Å². The van der Waals surface area contributed by atoms with Gasteiger partial charge in [0.25, 0.3) is 11.8 Å². The van der Waals surface area contributed by atoms with Gasteiger partial charge >= 0.3 is 0 Å². The first-order chi connectivity index (χ1) is 12.0. The second-order valence-electron chi connectivity index (χ2n) is 4.83. The molecule has 0 bridgehead atoms. The third-order valence-electron chi connectivity index (χ3n) is 3.08. The van der Waals surface area contributed by atoms with E-state index in [-0.39, 0.29) is 11.8 Å². The maximum Gasteiger partial charge on any atom is 0.257 e. The Balaban J connectivity index is 1.64. The number of aromatic nitrogens is 2. The van der Waals surface area contributed by atoms with Gasteiger partial charge in [-0.1, -0.05) is 11.3 Å². The van der Waals surface area contributed by atoms with E-state index in [1.165, 1.54) is 0 Å². The van der Waals surface area contributed by atoms with Crippen LogP contribution in [0.1, 0.15) is 20.7 Å². The number of nitrogens with one attached hydrogen (secondary N) is 2. The van der Waals surface area contributed by atoms with Crippen LogP contribution in [0.25, 0.3) is 0 Å². The Bertz CT molecular complexity index is 837. The number of anilines is 2. The van der Waals surface area contributed by atoms with E-state index in [9.17, 15) is 9.59 Å². The standard InChI is InChI=1S/C16H10I2N4O2S/c17-11-5-1-9(2-6-11)13(23)19-15-21-22-16(25-15)20-14(24)10-3-7-12(18)8-4-10/h1-8H,(H,19,21,23)(H,20,22,24). The van der Waals surface area contributed by atoms with E-state index in [4.69, 9.17) is 0 Å². The highest BCUT2D eigenvalue weighted by Crippen LogP contribution is 2.21. The summed E-state index contributed by atoms with van der Waals surface area (Å²) in [6, 6.07) is 14.3. The molecule has 0 aliphatic carbocycles. The SMILES string of the molecule is O=C(Nc1nnc(NC(=O)c2ccc(I)cc2)s1)c1ccc(I)cc1. The monoisotopic (exact) mass is 576 g/mol. The predicted octanol–water partition coefficient (Wildman–Crippen LogP) is 4.25. The van der Waals surface area contributed by atoms with Gasteiger partial charge < -0.3 is 0 Å². The van der Waals surface area contributed by atoms with Gasteiger partial charge in [-0.25, -0.2) is 0 Å². The van der Waals surface area contributed by atoms with Crippen LogP contribution in [0, 0.1) is 7.14 Å². The molecular weight excluding hydrogens is 566 g/mol. The molecular formula is C16H10I2N4O2S. The number of benzene rings is 2. The molecule has 25 heavy (non-hydrogen) atoms. The Morgan fingerprint density at radius 1 is 0.720 bits per heavy atom. The molecule has 2 aromatic carbocycles. The molecule has 0 unspecified atom stereocenters. The van der Waals surface area contributed by atoms with Crippen LogP contribution in [0.2, 0.25) is 0 Å². The summed E-state index contributed by atoms with van der Waals surface area (Å²) in [4.78, 5) is 24.3. The van der Waals surface area contributed by atoms with Crippen LogP contribution >= 0.6 is 56.5 Å². The number of rotatable bonds is 4. The van der Waals surface area contributed by atoms with E-state index in [0.29, 0.717) is 21.4 Å². The molecule has 0 radical (unpaired) electrons. The predicted molar refractivity (Wildman–Crippen MR) is 114 cm³/mol. The molecule has 3 aromatic rings. The minimum absolute atomic E-state index is 0.275. The summed E-state index contributed by atoms with van der Waals surface area (Å²) >= 11 is 5.44. The molecule has 0 saturated heterocycles. The molecule has 2 N–H and O–H groups in total. The van der Waals surface area contributed by atoms with E-state index in [1.54, 1.807) is 24.3 Å². The summed E-state index contributed by atoms with van der Waals surface area (Å²) in [5.41, 5.74) is 1.06. The van der Waals surface area contributed by atoms with Crippen molar-refractivity contribution in [3.63, 3.8) is 0 Å². The van der Waals surface area contributed by atoms with Crippen molar-refractivity contribution < 1.29 is 9.59 Å². The van der Waals surface area contributed by atoms with Crippen molar-refractivity contribution >= 4 is 78.6 Å². The van der Waals surface area contributed by atoms with Gasteiger partial charge in [0.15, 0.2) is 0 Å². The molecule has 1 heterocycles. The van der Waals surface area contributed by atoms with Crippen molar-refractivity contribution in [2.75, 3.05) is 10.6 Å². The molecule has 126 valence electrons. The molecule has 0 saturated carbocycles. The normalized spacial score (nSPS) is 10.3. The highest BCUT2D eigenvalue weighted by molar-refractivity contribution is 14.1. The van der Waals surface area contributed by atoms with Crippen LogP contribution in [0.5, 0.6) is 0 Å². The summed E-state index contributed by atoms with van der Waals surface area (Å²) in [6.45, 7) is 0. The minimum Gasteiger partial charge on any atom is -0.296 e. The van der Waals surface area contributed by atoms with Crippen molar-refractivity contribution in [3.05, 3.63) is 66.8 Å². The first-order valence-corrected chi connectivity index (χ1v) is 9.96. The molecule has 0 atom stereocenters. The molecule has 0 fully saturated rings. The number of hydrogen-bond donors (Lipinski definition) is 2. The van der Waals surface area contributed by atoms with E-state index in [1.807, 2.05) is 24.3 Å². The molecule has 2 amide bonds. The zero-order chi connectivity index (χ0) is 17.8. The van der Waals surface area contributed by atoms with Crippen LogP contribution in [0.4, 0.5) is 10.3 Å². The Labute approximate surface area is 174 Å². The molecule has 3 rings (SSSR count). The van der Waals surface area contributed by atoms with Gasteiger partial charge in [0.05, 0.1) is 0 Å². The fourth-order valence-corrected chi connectivity index (χ4v) is 3.22. The summed E-state index contributed by atoms with van der Waals surface area (Å²) in [7, 11) is 0. The van der Waals surface area contributed by atoms with Gasteiger partial charge in [-0.2, -0.15) is 0 Å². The number of carbonyl (C=O) groups is 2. The van der Waals surface area contributed by atoms with Gasteiger partial charge in [-0.3, -0.25) is 20.2 Å². The van der Waals surface area contributed by atoms with Gasteiger partial charge in [0.1, 0.15) is 0 Å². The van der Waals surface area contributed by atoms with E-state index in [2.05, 4.69) is 66.0 Å². The lowest BCUT2D eigenvalue weighted by Gasteiger charge is -2.01. The summed E-state index contributed by atoms with van der Waals surface area (Å²) in [6.07, 6.45) is 0. The Kier molecular flexibility index (Phi) is 5.96. The van der Waals surface area contributed by atoms with Gasteiger partial charge in [-0.15, -0.1) is 10.2 Å². The molecule has 1 aromatic heterocycles. The van der Waals surface area contributed by atoms with Crippen molar-refractivity contribution in [2.24, 2.45) is 0 Å². The maximum absolute atomic E-state index is 12.1. The molecule has 6 nitrogen and oxygen atoms in total. The summed E-state index contributed by atoms with van der Waals surface area (Å²) < 4.78 is 2.09. The van der Waals surface area contributed by atoms with Crippen molar-refractivity contribution in [3.8, 4) is 0 Å². The third kappa shape index (κ3) is 4.95. The van der Waals surface area contributed by atoms with Crippen molar-refractivity contribution in [1.82, 2.24) is 10.2 Å². The van der Waals surface area contributed by atoms with Gasteiger partial charge in [0.2, 0.25) is 10.3 Å². The number of amides is 2. The minimum atomic E-state index is -0.275. The fourth-order valence-electron chi connectivity index (χ4n) is 1.87. The highest BCUT2D eigenvalue weighted by atomic mass is 127. The molecule has 0 aliphatic heterocycles. The van der Waals surface area contributed by atoms with Crippen LogP contribution in [0.3, 0.4) is 0 Å². The van der Waals surface area contributed by atoms with E-state index < -0.39 is 0 Å². The topological polar surface area (TPSA) is 84.0 Å². The maximum atomic E-state index is 12.1. The fraction of sp³-hybridized carbons (Fsp3) is 0. The van der Waals surface area contributed by atoms with Gasteiger partial charge in [0, 0.05) is 18.3 Å². The Morgan fingerprint density at radius 3 is 1.44 bits per heavy atom. The van der Waals surface area contributed by atoms with Crippen LogP contribution in [0.15, 0.2) is 48.5 Å². The lowest BCUT2D eigenvalue weighted by atomic mass is 10.2. The number of halogens is 2. The second kappa shape index (κ2) is 8.19. The largest absolute Gasteiger partial charge is 0.296 e. The van der Waals surface area contributed by atoms with E-state index >= 15 is 0 Å². The van der Waals surface area contributed by atoms with Gasteiger partial charge in [-0.05, 0) is 93.7 Å². The highest BCUT2D eigenvalue weighted by Gasteiger charge is 2.13. The summed E-state index contributed by atoms with van der Waals surface area (Å²) in [5.74, 6) is -0.550. The first-order valence-electron chi connectivity index (χ1n) is 6.98. The van der Waals surface area contributed by atoms with Crippen LogP contribution < -0.4 is 10.6 Å². The molecule has 9 heteroatoms. The first kappa shape index (κ1) is 18.2. The number of carbonyl (C=O) groups excluding carboxylic acids is 2. The zero-order valence-corrected chi connectivity index (χ0v) is 17.6. The molecule has 0 aliphatic rings. The van der Waals surface area contributed by atoms with E-state index in [0.717, 1.165) is 18.5 Å². The third-order valence-corrected chi connectivity index (χ3v) is 5.27. The zero-order valence-electron chi connectivity index (χ0n) is 12.5. The average Bonchev–Trinajstić information content (AvgIpc) is 3.02. The summed E-state index contributed by atoms with van der Waals surface area (Å²) in [5, 5.41) is 13.7. The van der Waals surface area contributed by atoms with Crippen molar-refractivity contribution in [2.45, 2.75) is 0 Å². The number of hydrogen-bond acceptors (Lipinski definition) is 5.